The molecular formula is C21H25N5O2. The molecule has 2 unspecified atom stereocenters. The molecule has 3 heterocycles. The van der Waals surface area contributed by atoms with Gasteiger partial charge < -0.3 is 4.90 Å². The molecule has 1 aromatic rings. The van der Waals surface area contributed by atoms with Gasteiger partial charge in [0.2, 0.25) is 5.96 Å². The van der Waals surface area contributed by atoms with Gasteiger partial charge in [-0.05, 0) is 39.8 Å². The fourth-order valence-corrected chi connectivity index (χ4v) is 4.03. The zero-order chi connectivity index (χ0) is 20.3. The molecule has 0 radical (unpaired) electrons. The number of aliphatic imine (C=N–C) groups is 1. The van der Waals surface area contributed by atoms with Crippen molar-refractivity contribution in [3.8, 4) is 0 Å². The number of guanidine groups is 1. The van der Waals surface area contributed by atoms with Crippen LogP contribution in [-0.4, -0.2) is 58.4 Å². The second-order valence-electron chi connectivity index (χ2n) is 7.77. The lowest BCUT2D eigenvalue weighted by atomic mass is 10.1. The van der Waals surface area contributed by atoms with Crippen molar-refractivity contribution in [1.82, 2.24) is 14.7 Å². The molecule has 28 heavy (non-hydrogen) atoms. The van der Waals surface area contributed by atoms with Gasteiger partial charge in [-0.25, -0.2) is 9.79 Å². The molecule has 2 atom stereocenters. The first-order chi connectivity index (χ1) is 13.2. The Hall–Kier alpha value is -3.09. The molecular weight excluding hydrogens is 354 g/mol. The molecule has 0 saturated carbocycles. The number of fused-ring (bicyclic) bond motifs is 3. The minimum atomic E-state index is -0.553. The number of hydrogen-bond acceptors (Lipinski definition) is 5. The van der Waals surface area contributed by atoms with Gasteiger partial charge in [0, 0.05) is 24.1 Å². The molecule has 0 aliphatic carbocycles. The topological polar surface area (TPSA) is 59.5 Å². The van der Waals surface area contributed by atoms with Crippen molar-refractivity contribution in [1.29, 1.82) is 0 Å². The minimum absolute atomic E-state index is 0.220. The van der Waals surface area contributed by atoms with Gasteiger partial charge in [0.25, 0.3) is 5.91 Å². The van der Waals surface area contributed by atoms with Crippen molar-refractivity contribution in [3.05, 3.63) is 53.4 Å². The van der Waals surface area contributed by atoms with E-state index in [2.05, 4.69) is 23.6 Å². The lowest BCUT2D eigenvalue weighted by molar-refractivity contribution is -0.136. The van der Waals surface area contributed by atoms with E-state index in [0.29, 0.717) is 5.96 Å². The first-order valence-electron chi connectivity index (χ1n) is 9.36. The van der Waals surface area contributed by atoms with E-state index >= 15 is 0 Å². The minimum Gasteiger partial charge on any atom is -0.302 e. The van der Waals surface area contributed by atoms with Gasteiger partial charge >= 0.3 is 6.03 Å². The standard InChI is InChI=1S/C21H25N5O2/c1-12(2)11-24-19(27)17-18(23(6)21(24)28)22-20-25(14(4)15(5)26(17)20)16-9-7-13(3)8-10-16/h7-10,17-18H,1,11H2,2-6H3. The fourth-order valence-electron chi connectivity index (χ4n) is 4.03. The van der Waals surface area contributed by atoms with Gasteiger partial charge in [-0.1, -0.05) is 29.8 Å². The van der Waals surface area contributed by atoms with Crippen LogP contribution >= 0.6 is 0 Å². The largest absolute Gasteiger partial charge is 0.328 e. The molecule has 0 bridgehead atoms. The number of urea groups is 1. The van der Waals surface area contributed by atoms with Crippen LogP contribution in [0.25, 0.3) is 0 Å². The highest BCUT2D eigenvalue weighted by atomic mass is 16.2. The maximum Gasteiger partial charge on any atom is 0.328 e. The number of nitrogens with zero attached hydrogens (tertiary/aromatic N) is 5. The van der Waals surface area contributed by atoms with Gasteiger partial charge in [-0.15, -0.1) is 0 Å². The molecule has 3 amide bonds. The zero-order valence-corrected chi connectivity index (χ0v) is 16.9. The number of allylic oxidation sites excluding steroid dienone is 2. The second-order valence-corrected chi connectivity index (χ2v) is 7.77. The van der Waals surface area contributed by atoms with Gasteiger partial charge in [0.05, 0.1) is 6.54 Å². The number of amides is 3. The molecule has 7 nitrogen and oxygen atoms in total. The highest BCUT2D eigenvalue weighted by Gasteiger charge is 2.55. The van der Waals surface area contributed by atoms with Crippen molar-refractivity contribution in [2.75, 3.05) is 18.5 Å². The summed E-state index contributed by atoms with van der Waals surface area (Å²) >= 11 is 0. The molecule has 0 N–H and O–H groups in total. The van der Waals surface area contributed by atoms with Crippen molar-refractivity contribution in [2.24, 2.45) is 4.99 Å². The number of anilines is 1. The van der Waals surface area contributed by atoms with E-state index in [1.54, 1.807) is 11.9 Å². The fraction of sp³-hybridized carbons (Fsp3) is 0.381. The number of rotatable bonds is 3. The Balaban J connectivity index is 1.76. The van der Waals surface area contributed by atoms with E-state index < -0.39 is 12.2 Å². The highest BCUT2D eigenvalue weighted by Crippen LogP contribution is 2.39. The maximum atomic E-state index is 13.3. The van der Waals surface area contributed by atoms with Crippen molar-refractivity contribution < 1.29 is 9.59 Å². The first-order valence-corrected chi connectivity index (χ1v) is 9.36. The average molecular weight is 379 g/mol. The average Bonchev–Trinajstić information content (AvgIpc) is 3.14. The number of aryl methyl sites for hydroxylation is 1. The lowest BCUT2D eigenvalue weighted by Crippen LogP contribution is -2.64. The van der Waals surface area contributed by atoms with Crippen LogP contribution in [0.4, 0.5) is 10.5 Å². The molecule has 3 aliphatic rings. The first kappa shape index (κ1) is 18.3. The molecule has 146 valence electrons. The van der Waals surface area contributed by atoms with E-state index in [9.17, 15) is 9.59 Å². The molecule has 4 rings (SSSR count). The van der Waals surface area contributed by atoms with E-state index in [-0.39, 0.29) is 18.5 Å². The van der Waals surface area contributed by atoms with Crippen LogP contribution in [0.3, 0.4) is 0 Å². The molecule has 3 aliphatic heterocycles. The molecule has 1 aromatic carbocycles. The monoisotopic (exact) mass is 379 g/mol. The molecule has 0 aromatic heterocycles. The predicted molar refractivity (Wildman–Crippen MR) is 109 cm³/mol. The highest BCUT2D eigenvalue weighted by molar-refractivity contribution is 6.10. The molecule has 1 fully saturated rings. The smallest absolute Gasteiger partial charge is 0.302 e. The van der Waals surface area contributed by atoms with Crippen molar-refractivity contribution >= 4 is 23.6 Å². The zero-order valence-electron chi connectivity index (χ0n) is 16.9. The van der Waals surface area contributed by atoms with Crippen LogP contribution in [0, 0.1) is 6.92 Å². The summed E-state index contributed by atoms with van der Waals surface area (Å²) in [5, 5.41) is 0. The summed E-state index contributed by atoms with van der Waals surface area (Å²) in [6.07, 6.45) is -0.535. The Morgan fingerprint density at radius 1 is 1.11 bits per heavy atom. The van der Waals surface area contributed by atoms with Gasteiger partial charge in [0.15, 0.2) is 12.2 Å². The Morgan fingerprint density at radius 3 is 2.36 bits per heavy atom. The number of imide groups is 1. The summed E-state index contributed by atoms with van der Waals surface area (Å²) in [7, 11) is 1.70. The third-order valence-corrected chi connectivity index (χ3v) is 5.61. The van der Waals surface area contributed by atoms with Crippen LogP contribution in [0.2, 0.25) is 0 Å². The van der Waals surface area contributed by atoms with Crippen LogP contribution in [0.15, 0.2) is 52.8 Å². The number of carbonyl (C=O) groups excluding carboxylic acids is 2. The Bertz CT molecular complexity index is 946. The Labute approximate surface area is 165 Å². The van der Waals surface area contributed by atoms with Crippen LogP contribution < -0.4 is 4.90 Å². The maximum absolute atomic E-state index is 13.3. The third kappa shape index (κ3) is 2.46. The van der Waals surface area contributed by atoms with E-state index in [1.807, 2.05) is 44.7 Å². The van der Waals surface area contributed by atoms with E-state index in [0.717, 1.165) is 22.7 Å². The normalized spacial score (nSPS) is 24.1. The lowest BCUT2D eigenvalue weighted by Gasteiger charge is -2.40. The van der Waals surface area contributed by atoms with E-state index in [1.165, 1.54) is 10.5 Å². The van der Waals surface area contributed by atoms with Crippen LogP contribution in [0.1, 0.15) is 26.3 Å². The van der Waals surface area contributed by atoms with Crippen molar-refractivity contribution in [3.63, 3.8) is 0 Å². The molecule has 0 spiro atoms. The molecule has 1 saturated heterocycles. The third-order valence-electron chi connectivity index (χ3n) is 5.61. The number of hydrogen-bond donors (Lipinski definition) is 0. The summed E-state index contributed by atoms with van der Waals surface area (Å²) in [6, 6.07) is 7.31. The molecule has 7 heteroatoms. The number of likely N-dealkylation sites (N-methyl/N-ethyl adjacent to an activating group) is 1. The SMILES string of the molecule is C=C(C)CN1C(=O)C2C(N=C3N(c4ccc(C)cc4)C(C)=C(C)N32)N(C)C1=O. The van der Waals surface area contributed by atoms with E-state index in [4.69, 9.17) is 4.99 Å². The summed E-state index contributed by atoms with van der Waals surface area (Å²) in [5.74, 6) is 0.465. The van der Waals surface area contributed by atoms with Crippen LogP contribution in [0.5, 0.6) is 0 Å². The number of carbonyl (C=O) groups is 2. The summed E-state index contributed by atoms with van der Waals surface area (Å²) in [6.45, 7) is 12.0. The second kappa shape index (κ2) is 6.22. The summed E-state index contributed by atoms with van der Waals surface area (Å²) in [4.78, 5) is 37.7. The van der Waals surface area contributed by atoms with Crippen LogP contribution in [-0.2, 0) is 4.79 Å². The van der Waals surface area contributed by atoms with Gasteiger partial charge in [-0.2, -0.15) is 0 Å². The Morgan fingerprint density at radius 2 is 1.75 bits per heavy atom. The van der Waals surface area contributed by atoms with Gasteiger partial charge in [-0.3, -0.25) is 19.5 Å². The van der Waals surface area contributed by atoms with Gasteiger partial charge in [0.1, 0.15) is 0 Å². The predicted octanol–water partition coefficient (Wildman–Crippen LogP) is 2.90. The quantitative estimate of drug-likeness (QED) is 0.758. The summed E-state index contributed by atoms with van der Waals surface area (Å²) < 4.78 is 0. The Kier molecular flexibility index (Phi) is 4.06. The summed E-state index contributed by atoms with van der Waals surface area (Å²) in [5.41, 5.74) is 4.93. The van der Waals surface area contributed by atoms with Crippen molar-refractivity contribution in [2.45, 2.75) is 39.9 Å². The number of benzene rings is 1.